The van der Waals surface area contributed by atoms with Gasteiger partial charge in [-0.15, -0.1) is 6.58 Å². The van der Waals surface area contributed by atoms with Crippen LogP contribution in [-0.4, -0.2) is 25.9 Å². The minimum absolute atomic E-state index is 0. The molecule has 0 aromatic rings. The third-order valence-electron chi connectivity index (χ3n) is 0.958. The summed E-state index contributed by atoms with van der Waals surface area (Å²) in [6.45, 7) is 5.14. The molecule has 1 unspecified atom stereocenters. The van der Waals surface area contributed by atoms with Gasteiger partial charge >= 0.3 is 29.6 Å². The van der Waals surface area contributed by atoms with E-state index in [0.29, 0.717) is 0 Å². The van der Waals surface area contributed by atoms with Gasteiger partial charge in [-0.05, 0) is 6.42 Å². The van der Waals surface area contributed by atoms with E-state index in [9.17, 15) is 13.0 Å². The molecule has 0 aliphatic rings. The molecule has 72 valence electrons. The first-order valence-corrected chi connectivity index (χ1v) is 4.69. The molecule has 0 saturated heterocycles. The van der Waals surface area contributed by atoms with Crippen molar-refractivity contribution < 1.29 is 51.4 Å². The van der Waals surface area contributed by atoms with Crippen LogP contribution in [0.1, 0.15) is 13.3 Å². The average molecular weight is 218 g/mol. The quantitative estimate of drug-likeness (QED) is 0.161. The van der Waals surface area contributed by atoms with Gasteiger partial charge in [0.1, 0.15) is 0 Å². The van der Waals surface area contributed by atoms with E-state index in [1.54, 1.807) is 6.92 Å². The first-order chi connectivity index (χ1) is 5.49. The van der Waals surface area contributed by atoms with Crippen molar-refractivity contribution in [1.82, 2.24) is 0 Å². The van der Waals surface area contributed by atoms with E-state index in [1.807, 2.05) is 0 Å². The van der Waals surface area contributed by atoms with Gasteiger partial charge in [0, 0.05) is 0 Å². The number of ether oxygens (including phenoxy) is 1. The van der Waals surface area contributed by atoms with Crippen molar-refractivity contribution in [3.63, 3.8) is 0 Å². The fourth-order valence-corrected chi connectivity index (χ4v) is 0.975. The summed E-state index contributed by atoms with van der Waals surface area (Å²) in [5.74, 6) is 0. The summed E-state index contributed by atoms with van der Waals surface area (Å²) in [7, 11) is -4.68. The molecule has 5 nitrogen and oxygen atoms in total. The second-order valence-electron chi connectivity index (χ2n) is 1.96. The van der Waals surface area contributed by atoms with Crippen LogP contribution < -0.4 is 29.6 Å². The fourth-order valence-electron chi connectivity index (χ4n) is 0.520. The molecular formula is C6H11NaO5S. The molecule has 0 aromatic carbocycles. The summed E-state index contributed by atoms with van der Waals surface area (Å²) in [6.07, 6.45) is 0.712. The Morgan fingerprint density at radius 1 is 1.62 bits per heavy atom. The van der Waals surface area contributed by atoms with Crippen LogP contribution in [0.2, 0.25) is 0 Å². The van der Waals surface area contributed by atoms with Crippen LogP contribution in [0.25, 0.3) is 0 Å². The van der Waals surface area contributed by atoms with Gasteiger partial charge in [0.25, 0.3) is 0 Å². The number of hydrogen-bond donors (Lipinski definition) is 0. The van der Waals surface area contributed by atoms with Crippen LogP contribution in [0, 0.1) is 0 Å². The number of hydrogen-bond acceptors (Lipinski definition) is 5. The predicted octanol–water partition coefficient (Wildman–Crippen LogP) is -2.59. The molecule has 0 radical (unpaired) electrons. The SMILES string of the molecule is C=CCOC(CC)OS(=O)(=O)[O-].[Na+]. The van der Waals surface area contributed by atoms with E-state index in [2.05, 4.69) is 10.8 Å². The molecule has 0 saturated carbocycles. The molecule has 0 fully saturated rings. The van der Waals surface area contributed by atoms with E-state index < -0.39 is 16.7 Å². The summed E-state index contributed by atoms with van der Waals surface area (Å²) in [5.41, 5.74) is 0. The molecule has 0 amide bonds. The summed E-state index contributed by atoms with van der Waals surface area (Å²) in [5, 5.41) is 0. The molecule has 0 bridgehead atoms. The van der Waals surface area contributed by atoms with Crippen LogP contribution in [0.15, 0.2) is 12.7 Å². The molecular weight excluding hydrogens is 207 g/mol. The predicted molar refractivity (Wildman–Crippen MR) is 41.0 cm³/mol. The Hall–Kier alpha value is 0.570. The Labute approximate surface area is 100 Å². The van der Waals surface area contributed by atoms with E-state index in [-0.39, 0.29) is 42.6 Å². The van der Waals surface area contributed by atoms with Gasteiger partial charge in [-0.3, -0.25) is 0 Å². The van der Waals surface area contributed by atoms with Crippen LogP contribution in [0.3, 0.4) is 0 Å². The fraction of sp³-hybridized carbons (Fsp3) is 0.667. The zero-order valence-electron chi connectivity index (χ0n) is 7.73. The Bertz CT molecular complexity index is 225. The average Bonchev–Trinajstić information content (AvgIpc) is 1.95. The maximum Gasteiger partial charge on any atom is 1.00 e. The van der Waals surface area contributed by atoms with Gasteiger partial charge in [0.15, 0.2) is 6.29 Å². The summed E-state index contributed by atoms with van der Waals surface area (Å²) in [4.78, 5) is 0. The molecule has 0 aliphatic carbocycles. The third kappa shape index (κ3) is 10.5. The van der Waals surface area contributed by atoms with Crippen LogP contribution in [0.5, 0.6) is 0 Å². The Kier molecular flexibility index (Phi) is 9.77. The zero-order chi connectivity index (χ0) is 9.61. The van der Waals surface area contributed by atoms with E-state index in [4.69, 9.17) is 4.74 Å². The van der Waals surface area contributed by atoms with Crippen molar-refractivity contribution in [1.29, 1.82) is 0 Å². The molecule has 0 rings (SSSR count). The topological polar surface area (TPSA) is 75.7 Å². The molecule has 0 spiro atoms. The maximum absolute atomic E-state index is 10.1. The summed E-state index contributed by atoms with van der Waals surface area (Å²) in [6, 6.07) is 0. The molecule has 0 N–H and O–H groups in total. The van der Waals surface area contributed by atoms with Crippen molar-refractivity contribution >= 4 is 10.4 Å². The Morgan fingerprint density at radius 3 is 2.46 bits per heavy atom. The van der Waals surface area contributed by atoms with E-state index in [0.717, 1.165) is 0 Å². The zero-order valence-corrected chi connectivity index (χ0v) is 10.5. The largest absolute Gasteiger partial charge is 1.00 e. The van der Waals surface area contributed by atoms with Gasteiger partial charge in [0.05, 0.1) is 6.61 Å². The van der Waals surface area contributed by atoms with Gasteiger partial charge in [-0.25, -0.2) is 12.6 Å². The normalized spacial score (nSPS) is 13.1. The standard InChI is InChI=1S/C6H12O5S.Na/c1-3-5-10-6(4-2)11-12(7,8)9;/h3,6H,1,4-5H2,2H3,(H,7,8,9);/q;+1/p-1. The van der Waals surface area contributed by atoms with Crippen LogP contribution in [0.4, 0.5) is 0 Å². The Balaban J connectivity index is 0. The van der Waals surface area contributed by atoms with E-state index in [1.165, 1.54) is 6.08 Å². The van der Waals surface area contributed by atoms with Gasteiger partial charge in [-0.2, -0.15) is 0 Å². The van der Waals surface area contributed by atoms with Crippen molar-refractivity contribution in [3.05, 3.63) is 12.7 Å². The molecule has 7 heteroatoms. The second-order valence-corrected chi connectivity index (χ2v) is 2.97. The summed E-state index contributed by atoms with van der Waals surface area (Å²) < 4.78 is 39.1. The van der Waals surface area contributed by atoms with Gasteiger partial charge in [0.2, 0.25) is 10.4 Å². The maximum atomic E-state index is 10.1. The molecule has 0 aromatic heterocycles. The third-order valence-corrected chi connectivity index (χ3v) is 1.41. The first-order valence-electron chi connectivity index (χ1n) is 3.36. The molecule has 13 heavy (non-hydrogen) atoms. The first kappa shape index (κ1) is 16.0. The smallest absolute Gasteiger partial charge is 0.725 e. The van der Waals surface area contributed by atoms with Crippen molar-refractivity contribution in [2.45, 2.75) is 19.6 Å². The summed E-state index contributed by atoms with van der Waals surface area (Å²) >= 11 is 0. The molecule has 1 atom stereocenters. The van der Waals surface area contributed by atoms with Crippen molar-refractivity contribution in [2.75, 3.05) is 6.61 Å². The van der Waals surface area contributed by atoms with Gasteiger partial charge in [-0.1, -0.05) is 13.0 Å². The number of rotatable bonds is 6. The Morgan fingerprint density at radius 2 is 2.15 bits per heavy atom. The van der Waals surface area contributed by atoms with Gasteiger partial charge < -0.3 is 9.29 Å². The monoisotopic (exact) mass is 218 g/mol. The van der Waals surface area contributed by atoms with Crippen LogP contribution >= 0.6 is 0 Å². The second kappa shape index (κ2) is 7.93. The minimum Gasteiger partial charge on any atom is -0.725 e. The van der Waals surface area contributed by atoms with E-state index >= 15 is 0 Å². The van der Waals surface area contributed by atoms with Crippen molar-refractivity contribution in [3.8, 4) is 0 Å². The molecule has 0 aliphatic heterocycles. The van der Waals surface area contributed by atoms with Crippen molar-refractivity contribution in [2.24, 2.45) is 0 Å². The minimum atomic E-state index is -4.68. The van der Waals surface area contributed by atoms with Crippen LogP contribution in [-0.2, 0) is 19.3 Å². The molecule has 0 heterocycles.